The molecule has 5 nitrogen and oxygen atoms in total. The summed E-state index contributed by atoms with van der Waals surface area (Å²) in [6, 6.07) is 5.29. The lowest BCUT2D eigenvalue weighted by Gasteiger charge is -2.16. The molecule has 15 heavy (non-hydrogen) atoms. The van der Waals surface area contributed by atoms with Crippen molar-refractivity contribution in [1.82, 2.24) is 10.3 Å². The summed E-state index contributed by atoms with van der Waals surface area (Å²) in [7, 11) is 3.33. The summed E-state index contributed by atoms with van der Waals surface area (Å²) in [5.41, 5.74) is 0.531. The average Bonchev–Trinajstić information content (AvgIpc) is 2.28. The molecule has 0 atom stereocenters. The minimum absolute atomic E-state index is 0.0957. The number of likely N-dealkylation sites (N-methyl/N-ethyl adjacent to an activating group) is 2. The molecule has 78 valence electrons. The van der Waals surface area contributed by atoms with E-state index in [4.69, 9.17) is 5.26 Å². The number of carbonyl (C=O) groups is 1. The van der Waals surface area contributed by atoms with Crippen molar-refractivity contribution >= 4 is 11.7 Å². The first-order chi connectivity index (χ1) is 7.17. The second-order valence-electron chi connectivity index (χ2n) is 3.04. The molecule has 1 aromatic heterocycles. The molecule has 1 N–H and O–H groups in total. The molecule has 0 spiro atoms. The van der Waals surface area contributed by atoms with Gasteiger partial charge in [0.1, 0.15) is 5.82 Å². The summed E-state index contributed by atoms with van der Waals surface area (Å²) in [5.74, 6) is 0.513. The van der Waals surface area contributed by atoms with Gasteiger partial charge in [0.15, 0.2) is 0 Å². The molecule has 1 amide bonds. The van der Waals surface area contributed by atoms with Gasteiger partial charge < -0.3 is 10.2 Å². The number of rotatable bonds is 3. The molecule has 1 aromatic rings. The maximum absolute atomic E-state index is 11.1. The number of anilines is 1. The van der Waals surface area contributed by atoms with Crippen LogP contribution in [-0.2, 0) is 4.79 Å². The van der Waals surface area contributed by atoms with Crippen LogP contribution in [0.4, 0.5) is 5.82 Å². The number of nitriles is 1. The van der Waals surface area contributed by atoms with Crippen molar-refractivity contribution in [2.24, 2.45) is 0 Å². The quantitative estimate of drug-likeness (QED) is 0.760. The summed E-state index contributed by atoms with van der Waals surface area (Å²) < 4.78 is 0. The van der Waals surface area contributed by atoms with Gasteiger partial charge in [-0.05, 0) is 12.1 Å². The van der Waals surface area contributed by atoms with Crippen molar-refractivity contribution in [2.75, 3.05) is 25.5 Å². The van der Waals surface area contributed by atoms with Crippen molar-refractivity contribution in [1.29, 1.82) is 5.26 Å². The van der Waals surface area contributed by atoms with Crippen LogP contribution in [0.2, 0.25) is 0 Å². The summed E-state index contributed by atoms with van der Waals surface area (Å²) in [4.78, 5) is 16.9. The van der Waals surface area contributed by atoms with Gasteiger partial charge in [-0.25, -0.2) is 4.98 Å². The first-order valence-electron chi connectivity index (χ1n) is 4.45. The van der Waals surface area contributed by atoms with Crippen LogP contribution in [0, 0.1) is 11.3 Å². The molecule has 0 saturated carbocycles. The Labute approximate surface area is 88.3 Å². The fourth-order valence-electron chi connectivity index (χ4n) is 1.07. The van der Waals surface area contributed by atoms with Crippen molar-refractivity contribution in [2.45, 2.75) is 0 Å². The first-order valence-corrected chi connectivity index (χ1v) is 4.45. The summed E-state index contributed by atoms with van der Waals surface area (Å²) in [5, 5.41) is 11.2. The number of pyridine rings is 1. The van der Waals surface area contributed by atoms with Gasteiger partial charge in [-0.3, -0.25) is 4.79 Å². The zero-order valence-electron chi connectivity index (χ0n) is 8.69. The minimum atomic E-state index is -0.0957. The molecule has 0 saturated heterocycles. The van der Waals surface area contributed by atoms with Gasteiger partial charge in [-0.15, -0.1) is 0 Å². The number of hydrogen-bond acceptors (Lipinski definition) is 4. The van der Waals surface area contributed by atoms with E-state index in [1.807, 2.05) is 6.07 Å². The van der Waals surface area contributed by atoms with Crippen LogP contribution in [0.1, 0.15) is 5.56 Å². The second-order valence-corrected chi connectivity index (χ2v) is 3.04. The molecule has 0 aliphatic heterocycles. The van der Waals surface area contributed by atoms with Crippen LogP contribution >= 0.6 is 0 Å². The number of nitrogens with zero attached hydrogens (tertiary/aromatic N) is 3. The third-order valence-electron chi connectivity index (χ3n) is 1.93. The number of carbonyl (C=O) groups excluding carboxylic acids is 1. The molecular formula is C10H12N4O. The molecule has 0 aliphatic rings. The van der Waals surface area contributed by atoms with E-state index in [0.717, 1.165) is 0 Å². The standard InChI is InChI=1S/C10H12N4O/c1-12-10(15)7-14(2)9-5-8(6-11)3-4-13-9/h3-5H,7H2,1-2H3,(H,12,15). The predicted octanol–water partition coefficient (Wildman–Crippen LogP) is 0.135. The normalized spacial score (nSPS) is 9.13. The Hall–Kier alpha value is -2.09. The highest BCUT2D eigenvalue weighted by Gasteiger charge is 2.07. The Kier molecular flexibility index (Phi) is 3.63. The number of hydrogen-bond donors (Lipinski definition) is 1. The van der Waals surface area contributed by atoms with E-state index in [1.165, 1.54) is 0 Å². The van der Waals surface area contributed by atoms with E-state index >= 15 is 0 Å². The number of amides is 1. The Morgan fingerprint density at radius 1 is 1.73 bits per heavy atom. The van der Waals surface area contributed by atoms with Gasteiger partial charge in [0.25, 0.3) is 0 Å². The first kappa shape index (κ1) is 11.0. The van der Waals surface area contributed by atoms with Crippen LogP contribution in [0.3, 0.4) is 0 Å². The fraction of sp³-hybridized carbons (Fsp3) is 0.300. The van der Waals surface area contributed by atoms with Crippen LogP contribution in [0.5, 0.6) is 0 Å². The second kappa shape index (κ2) is 4.96. The Bertz CT molecular complexity index is 397. The van der Waals surface area contributed by atoms with Gasteiger partial charge in [-0.1, -0.05) is 0 Å². The van der Waals surface area contributed by atoms with Gasteiger partial charge in [0.05, 0.1) is 18.2 Å². The predicted molar refractivity (Wildman–Crippen MR) is 56.3 cm³/mol. The molecule has 0 radical (unpaired) electrons. The van der Waals surface area contributed by atoms with E-state index in [-0.39, 0.29) is 12.5 Å². The van der Waals surface area contributed by atoms with Crippen molar-refractivity contribution in [3.05, 3.63) is 23.9 Å². The average molecular weight is 204 g/mol. The largest absolute Gasteiger partial charge is 0.358 e. The smallest absolute Gasteiger partial charge is 0.239 e. The van der Waals surface area contributed by atoms with Crippen molar-refractivity contribution in [3.8, 4) is 6.07 Å². The van der Waals surface area contributed by atoms with Crippen molar-refractivity contribution < 1.29 is 4.79 Å². The maximum atomic E-state index is 11.1. The lowest BCUT2D eigenvalue weighted by Crippen LogP contribution is -2.33. The van der Waals surface area contributed by atoms with E-state index in [9.17, 15) is 4.79 Å². The lowest BCUT2D eigenvalue weighted by atomic mass is 10.3. The molecule has 0 bridgehead atoms. The Balaban J connectivity index is 2.78. The van der Waals surface area contributed by atoms with Crippen molar-refractivity contribution in [3.63, 3.8) is 0 Å². The third-order valence-corrected chi connectivity index (χ3v) is 1.93. The van der Waals surface area contributed by atoms with Gasteiger partial charge in [0, 0.05) is 20.3 Å². The Morgan fingerprint density at radius 3 is 3.07 bits per heavy atom. The highest BCUT2D eigenvalue weighted by atomic mass is 16.1. The highest BCUT2D eigenvalue weighted by Crippen LogP contribution is 2.09. The van der Waals surface area contributed by atoms with Gasteiger partial charge in [0.2, 0.25) is 5.91 Å². The van der Waals surface area contributed by atoms with E-state index in [1.54, 1.807) is 37.3 Å². The maximum Gasteiger partial charge on any atom is 0.239 e. The molecule has 1 heterocycles. The zero-order valence-corrected chi connectivity index (χ0v) is 8.69. The molecule has 0 aliphatic carbocycles. The zero-order chi connectivity index (χ0) is 11.3. The van der Waals surface area contributed by atoms with E-state index in [2.05, 4.69) is 10.3 Å². The summed E-state index contributed by atoms with van der Waals surface area (Å²) in [6.07, 6.45) is 1.55. The van der Waals surface area contributed by atoms with Crippen LogP contribution in [-0.4, -0.2) is 31.5 Å². The highest BCUT2D eigenvalue weighted by molar-refractivity contribution is 5.80. The molecule has 0 unspecified atom stereocenters. The monoisotopic (exact) mass is 204 g/mol. The third kappa shape index (κ3) is 2.95. The van der Waals surface area contributed by atoms with Crippen LogP contribution < -0.4 is 10.2 Å². The number of nitrogens with one attached hydrogen (secondary N) is 1. The molecule has 5 heteroatoms. The number of aromatic nitrogens is 1. The van der Waals surface area contributed by atoms with E-state index < -0.39 is 0 Å². The molecular weight excluding hydrogens is 192 g/mol. The van der Waals surface area contributed by atoms with Crippen LogP contribution in [0.15, 0.2) is 18.3 Å². The van der Waals surface area contributed by atoms with Crippen LogP contribution in [0.25, 0.3) is 0 Å². The Morgan fingerprint density at radius 2 is 2.47 bits per heavy atom. The van der Waals surface area contributed by atoms with Gasteiger partial charge >= 0.3 is 0 Å². The van der Waals surface area contributed by atoms with Gasteiger partial charge in [-0.2, -0.15) is 5.26 Å². The topological polar surface area (TPSA) is 69.0 Å². The lowest BCUT2D eigenvalue weighted by molar-refractivity contribution is -0.119. The minimum Gasteiger partial charge on any atom is -0.358 e. The SMILES string of the molecule is CNC(=O)CN(C)c1cc(C#N)ccn1. The summed E-state index contributed by atoms with van der Waals surface area (Å²) >= 11 is 0. The fourth-order valence-corrected chi connectivity index (χ4v) is 1.07. The van der Waals surface area contributed by atoms with E-state index in [0.29, 0.717) is 11.4 Å². The molecule has 0 aromatic carbocycles. The molecule has 0 fully saturated rings. The molecule has 1 rings (SSSR count). The summed E-state index contributed by atoms with van der Waals surface area (Å²) in [6.45, 7) is 0.221.